The highest BCUT2D eigenvalue weighted by Crippen LogP contribution is 2.35. The molecule has 1 saturated heterocycles. The molecule has 0 saturated carbocycles. The second kappa shape index (κ2) is 8.13. The van der Waals surface area contributed by atoms with Crippen molar-refractivity contribution >= 4 is 0 Å². The van der Waals surface area contributed by atoms with Gasteiger partial charge in [-0.25, -0.2) is 4.39 Å². The topological polar surface area (TPSA) is 90.2 Å². The third-order valence-corrected chi connectivity index (χ3v) is 5.94. The van der Waals surface area contributed by atoms with Crippen molar-refractivity contribution in [1.29, 1.82) is 0 Å². The molecule has 0 aromatic heterocycles. The first kappa shape index (κ1) is 18.0. The first-order valence-corrected chi connectivity index (χ1v) is 9.90. The van der Waals surface area contributed by atoms with Crippen molar-refractivity contribution < 1.29 is 32.3 Å². The number of aliphatic hydroxyl groups excluding tert-OH is 4. The average Bonchev–Trinajstić information content (AvgIpc) is 2.74. The van der Waals surface area contributed by atoms with Gasteiger partial charge in [-0.15, -0.1) is 0 Å². The molecule has 1 heterocycles. The van der Waals surface area contributed by atoms with E-state index in [4.69, 9.17) is 7.48 Å². The van der Waals surface area contributed by atoms with Gasteiger partial charge in [-0.2, -0.15) is 0 Å². The number of benzene rings is 2. The summed E-state index contributed by atoms with van der Waals surface area (Å²) in [6.07, 6.45) is -6.92. The number of aliphatic hydroxyl groups is 4. The Morgan fingerprint density at radius 2 is 1.86 bits per heavy atom. The van der Waals surface area contributed by atoms with Gasteiger partial charge in [0, 0.05) is 8.30 Å². The largest absolute Gasteiger partial charge is 0.394 e. The van der Waals surface area contributed by atoms with E-state index in [1.807, 2.05) is 25.1 Å². The average molecular weight is 404 g/mol. The summed E-state index contributed by atoms with van der Waals surface area (Å²) in [5.41, 5.74) is 4.18. The predicted molar refractivity (Wildman–Crippen MR) is 105 cm³/mol. The van der Waals surface area contributed by atoms with Gasteiger partial charge in [-0.1, -0.05) is 25.1 Å². The Balaban J connectivity index is 1.69. The number of hydrogen-bond donors (Lipinski definition) is 4. The summed E-state index contributed by atoms with van der Waals surface area (Å²) in [5.74, 6) is -0.599. The fourth-order valence-corrected chi connectivity index (χ4v) is 4.10. The van der Waals surface area contributed by atoms with Gasteiger partial charge >= 0.3 is 0 Å². The van der Waals surface area contributed by atoms with Gasteiger partial charge in [-0.3, -0.25) is 0 Å². The van der Waals surface area contributed by atoms with Gasteiger partial charge in [0.2, 0.25) is 0 Å². The highest BCUT2D eigenvalue weighted by molar-refractivity contribution is 5.43. The molecule has 156 valence electrons. The van der Waals surface area contributed by atoms with Crippen LogP contribution in [-0.4, -0.2) is 51.4 Å². The molecule has 0 bridgehead atoms. The zero-order valence-electron chi connectivity index (χ0n) is 18.2. The Morgan fingerprint density at radius 3 is 2.55 bits per heavy atom. The minimum Gasteiger partial charge on any atom is -0.394 e. The van der Waals surface area contributed by atoms with Gasteiger partial charge in [0.1, 0.15) is 36.3 Å². The Kier molecular flexibility index (Phi) is 5.04. The molecule has 1 aliphatic heterocycles. The lowest BCUT2D eigenvalue weighted by atomic mass is 9.85. The molecule has 6 heteroatoms. The highest BCUT2D eigenvalue weighted by Gasteiger charge is 2.44. The molecule has 1 fully saturated rings. The first-order chi connectivity index (χ1) is 14.7. The van der Waals surface area contributed by atoms with Gasteiger partial charge in [0.25, 0.3) is 0 Å². The molecule has 0 unspecified atom stereocenters. The molecule has 0 radical (unpaired) electrons. The molecule has 4 N–H and O–H groups in total. The van der Waals surface area contributed by atoms with Crippen molar-refractivity contribution in [2.24, 2.45) is 0 Å². The predicted octanol–water partition coefficient (Wildman–Crippen LogP) is 1.59. The zero-order chi connectivity index (χ0) is 22.5. The lowest BCUT2D eigenvalue weighted by molar-refractivity contribution is -0.232. The summed E-state index contributed by atoms with van der Waals surface area (Å²) in [6, 6.07) is 8.67. The van der Waals surface area contributed by atoms with Crippen LogP contribution in [0.15, 0.2) is 30.3 Å². The maximum absolute atomic E-state index is 14.9. The first-order valence-electron chi connectivity index (χ1n) is 10.9. The molecule has 0 spiro atoms. The second-order valence-corrected chi connectivity index (χ2v) is 7.77. The van der Waals surface area contributed by atoms with Crippen LogP contribution in [0.1, 0.15) is 49.1 Å². The summed E-state index contributed by atoms with van der Waals surface area (Å²) in [7, 11) is 0. The van der Waals surface area contributed by atoms with E-state index in [0.717, 1.165) is 22.3 Å². The quantitative estimate of drug-likeness (QED) is 0.608. The third kappa shape index (κ3) is 3.71. The van der Waals surface area contributed by atoms with Crippen LogP contribution >= 0.6 is 0 Å². The second-order valence-electron chi connectivity index (χ2n) is 7.77. The third-order valence-electron chi connectivity index (χ3n) is 5.94. The van der Waals surface area contributed by atoms with E-state index in [9.17, 15) is 24.8 Å². The van der Waals surface area contributed by atoms with Crippen LogP contribution in [0, 0.1) is 5.82 Å². The number of fused-ring (bicyclic) bond motifs is 1. The lowest BCUT2D eigenvalue weighted by Crippen LogP contribution is -2.55. The van der Waals surface area contributed by atoms with Crippen molar-refractivity contribution in [2.45, 2.75) is 63.1 Å². The van der Waals surface area contributed by atoms with E-state index in [0.29, 0.717) is 24.8 Å². The molecular formula is C23H27FO5. The summed E-state index contributed by atoms with van der Waals surface area (Å²) in [5, 5.41) is 39.9. The van der Waals surface area contributed by atoms with Crippen LogP contribution in [-0.2, 0) is 30.4 Å². The Labute approximate surface area is 172 Å². The maximum Gasteiger partial charge on any atom is 0.129 e. The van der Waals surface area contributed by atoms with Gasteiger partial charge in [0.05, 0.1) is 6.61 Å². The molecule has 4 rings (SSSR count). The molecular weight excluding hydrogens is 375 g/mol. The summed E-state index contributed by atoms with van der Waals surface area (Å²) in [6.45, 7) is 1.32. The zero-order valence-corrected chi connectivity index (χ0v) is 16.2. The molecule has 2 aliphatic rings. The van der Waals surface area contributed by atoms with Crippen molar-refractivity contribution in [3.8, 4) is 0 Å². The maximum atomic E-state index is 14.9. The van der Waals surface area contributed by atoms with E-state index in [1.165, 1.54) is 6.07 Å². The minimum absolute atomic E-state index is 0.0448. The lowest BCUT2D eigenvalue weighted by Gasteiger charge is -2.40. The van der Waals surface area contributed by atoms with Gasteiger partial charge < -0.3 is 25.2 Å². The van der Waals surface area contributed by atoms with Crippen LogP contribution in [0.5, 0.6) is 0 Å². The van der Waals surface area contributed by atoms with Crippen molar-refractivity contribution in [3.63, 3.8) is 0 Å². The van der Waals surface area contributed by atoms with E-state index in [-0.39, 0.29) is 5.56 Å². The van der Waals surface area contributed by atoms with Crippen molar-refractivity contribution in [3.05, 3.63) is 69.5 Å². The summed E-state index contributed by atoms with van der Waals surface area (Å²) < 4.78 is 36.5. The molecule has 2 aromatic carbocycles. The molecule has 29 heavy (non-hydrogen) atoms. The number of hydrogen-bond acceptors (Lipinski definition) is 5. The van der Waals surface area contributed by atoms with E-state index in [1.54, 1.807) is 6.07 Å². The van der Waals surface area contributed by atoms with E-state index in [2.05, 4.69) is 0 Å². The van der Waals surface area contributed by atoms with E-state index >= 15 is 0 Å². The number of halogens is 1. The number of rotatable bonds is 5. The molecule has 5 atom stereocenters. The molecule has 0 amide bonds. The van der Waals surface area contributed by atoms with Crippen molar-refractivity contribution in [1.82, 2.24) is 0 Å². The minimum atomic E-state index is -1.58. The SMILES string of the molecule is [2H]C1([2H])Cc2ccc(Cc3cc([C@@H]4O[C@H](CO)[C@@H](O)[C@H](O)[C@H]4O)c(F)cc3CC)cc21. The molecule has 2 aromatic rings. The fourth-order valence-electron chi connectivity index (χ4n) is 4.10. The van der Waals surface area contributed by atoms with Gasteiger partial charge in [-0.05, 0) is 65.6 Å². The Morgan fingerprint density at radius 1 is 1.07 bits per heavy atom. The fraction of sp³-hybridized carbons (Fsp3) is 0.478. The smallest absolute Gasteiger partial charge is 0.129 e. The Hall–Kier alpha value is -1.83. The van der Waals surface area contributed by atoms with Gasteiger partial charge in [0.15, 0.2) is 0 Å². The van der Waals surface area contributed by atoms with Crippen LogP contribution in [0.3, 0.4) is 0 Å². The highest BCUT2D eigenvalue weighted by atomic mass is 19.1. The van der Waals surface area contributed by atoms with Crippen LogP contribution < -0.4 is 0 Å². The number of ether oxygens (including phenoxy) is 1. The van der Waals surface area contributed by atoms with E-state index < -0.39 is 49.3 Å². The monoisotopic (exact) mass is 404 g/mol. The summed E-state index contributed by atoms with van der Waals surface area (Å²) in [4.78, 5) is 0. The van der Waals surface area contributed by atoms with Crippen LogP contribution in [0.2, 0.25) is 0 Å². The normalized spacial score (nSPS) is 31.4. The standard InChI is InChI=1S/C23H27FO5/c1-2-13-10-18(24)17(23-22(28)21(27)20(26)19(11-25)29-23)9-16(13)8-12-3-4-14-5-6-15(14)7-12/h3-4,7,9-10,19-23,25-28H,2,5-6,8,11H2,1H3/t19-,20-,21+,22-,23+/m1/s1/i6D2. The Bertz CT molecular complexity index is 981. The molecule has 5 nitrogen and oxygen atoms in total. The van der Waals surface area contributed by atoms with Crippen molar-refractivity contribution in [2.75, 3.05) is 6.61 Å². The van der Waals surface area contributed by atoms with Crippen LogP contribution in [0.4, 0.5) is 4.39 Å². The number of aryl methyl sites for hydroxylation is 3. The van der Waals surface area contributed by atoms with Crippen LogP contribution in [0.25, 0.3) is 0 Å². The summed E-state index contributed by atoms with van der Waals surface area (Å²) >= 11 is 0. The molecule has 1 aliphatic carbocycles.